The summed E-state index contributed by atoms with van der Waals surface area (Å²) in [7, 11) is 3.91. The van der Waals surface area contributed by atoms with Crippen molar-refractivity contribution in [3.63, 3.8) is 0 Å². The molecule has 0 amide bonds. The molecule has 21 heavy (non-hydrogen) atoms. The zero-order valence-electron chi connectivity index (χ0n) is 13.2. The normalized spacial score (nSPS) is 26.4. The molecule has 2 aliphatic heterocycles. The fourth-order valence-electron chi connectivity index (χ4n) is 3.93. The van der Waals surface area contributed by atoms with Crippen molar-refractivity contribution >= 4 is 0 Å². The highest BCUT2D eigenvalue weighted by Gasteiger charge is 2.33. The molecule has 0 spiro atoms. The first-order valence-corrected chi connectivity index (χ1v) is 8.24. The predicted molar refractivity (Wildman–Crippen MR) is 82.3 cm³/mol. The Hall–Kier alpha value is -1.26. The molecule has 1 aromatic carbocycles. The van der Waals surface area contributed by atoms with Gasteiger partial charge in [-0.25, -0.2) is 0 Å². The molecule has 1 unspecified atom stereocenters. The van der Waals surface area contributed by atoms with Gasteiger partial charge in [0.15, 0.2) is 17.5 Å². The number of rotatable bonds is 3. The van der Waals surface area contributed by atoms with Gasteiger partial charge in [0.05, 0.1) is 33.8 Å². The van der Waals surface area contributed by atoms with Crippen LogP contribution in [0.25, 0.3) is 0 Å². The predicted octanol–water partition coefficient (Wildman–Crippen LogP) is -0.418. The van der Waals surface area contributed by atoms with E-state index in [0.29, 0.717) is 11.8 Å². The highest BCUT2D eigenvalue weighted by Crippen LogP contribution is 2.32. The van der Waals surface area contributed by atoms with Crippen LogP contribution in [0.4, 0.5) is 0 Å². The highest BCUT2D eigenvalue weighted by molar-refractivity contribution is 5.47. The van der Waals surface area contributed by atoms with E-state index in [-0.39, 0.29) is 5.75 Å². The second-order valence-corrected chi connectivity index (χ2v) is 6.64. The van der Waals surface area contributed by atoms with Gasteiger partial charge >= 0.3 is 0 Å². The Kier molecular flexibility index (Phi) is 4.36. The van der Waals surface area contributed by atoms with Crippen molar-refractivity contribution < 1.29 is 19.6 Å². The Bertz CT molecular complexity index is 498. The van der Waals surface area contributed by atoms with Gasteiger partial charge in [-0.15, -0.1) is 0 Å². The molecule has 4 heteroatoms. The van der Waals surface area contributed by atoms with Crippen molar-refractivity contribution in [1.82, 2.24) is 0 Å². The third-order valence-corrected chi connectivity index (χ3v) is 5.25. The molecule has 0 aromatic heterocycles. The molecule has 116 valence electrons. The maximum absolute atomic E-state index is 10.1. The molecule has 1 saturated heterocycles. The van der Waals surface area contributed by atoms with E-state index in [9.17, 15) is 5.11 Å². The van der Waals surface area contributed by atoms with Crippen molar-refractivity contribution in [3.05, 3.63) is 23.3 Å². The summed E-state index contributed by atoms with van der Waals surface area (Å²) < 4.78 is 5.26. The number of hydrogen-bond acceptors (Lipinski definition) is 2. The molecule has 2 atom stereocenters. The summed E-state index contributed by atoms with van der Waals surface area (Å²) in [5, 5.41) is 10.1. The average Bonchev–Trinajstić information content (AvgIpc) is 2.51. The van der Waals surface area contributed by atoms with E-state index < -0.39 is 0 Å². The van der Waals surface area contributed by atoms with Gasteiger partial charge in [0.25, 0.3) is 0 Å². The Morgan fingerprint density at radius 2 is 1.95 bits per heavy atom. The largest absolute Gasteiger partial charge is 0.504 e. The van der Waals surface area contributed by atoms with Gasteiger partial charge in [0.2, 0.25) is 0 Å². The number of benzene rings is 1. The second kappa shape index (κ2) is 6.24. The van der Waals surface area contributed by atoms with Crippen LogP contribution >= 0.6 is 0 Å². The fraction of sp³-hybridized carbons (Fsp3) is 0.647. The summed E-state index contributed by atoms with van der Waals surface area (Å²) in [5.74, 6) is 0.891. The number of piperidine rings is 1. The van der Waals surface area contributed by atoms with E-state index in [1.54, 1.807) is 16.9 Å². The van der Waals surface area contributed by atoms with Crippen LogP contribution in [0.3, 0.4) is 0 Å². The zero-order valence-corrected chi connectivity index (χ0v) is 13.2. The maximum Gasteiger partial charge on any atom is 0.163 e. The molecule has 0 saturated carbocycles. The summed E-state index contributed by atoms with van der Waals surface area (Å²) in [5.41, 5.74) is 2.69. The van der Waals surface area contributed by atoms with Crippen LogP contribution in [-0.4, -0.2) is 45.4 Å². The Morgan fingerprint density at radius 1 is 1.19 bits per heavy atom. The standard InChI is InChI=1S/C17H26N2O2/c1-18-9-6-13-10-17(21-2)16(20)11-14(13)15(18)12-19-7-4-3-5-8-19/h10-11,15,20H,3-9,12H2,1-2H3/p+2/t15-/m1/s1. The van der Waals surface area contributed by atoms with Gasteiger partial charge in [0, 0.05) is 12.0 Å². The number of nitrogens with one attached hydrogen (secondary N) is 2. The third kappa shape index (κ3) is 3.01. The first-order chi connectivity index (χ1) is 10.2. The topological polar surface area (TPSA) is 38.3 Å². The summed E-state index contributed by atoms with van der Waals surface area (Å²) in [6.07, 6.45) is 5.19. The number of hydrogen-bond donors (Lipinski definition) is 3. The number of ether oxygens (including phenoxy) is 1. The van der Waals surface area contributed by atoms with Crippen molar-refractivity contribution in [2.24, 2.45) is 0 Å². The van der Waals surface area contributed by atoms with Crippen molar-refractivity contribution in [3.8, 4) is 11.5 Å². The van der Waals surface area contributed by atoms with Crippen LogP contribution in [0.5, 0.6) is 11.5 Å². The highest BCUT2D eigenvalue weighted by atomic mass is 16.5. The van der Waals surface area contributed by atoms with Crippen LogP contribution in [0.15, 0.2) is 12.1 Å². The lowest BCUT2D eigenvalue weighted by Crippen LogP contribution is -3.20. The van der Waals surface area contributed by atoms with Crippen LogP contribution in [-0.2, 0) is 6.42 Å². The molecular formula is C17H28N2O2+2. The van der Waals surface area contributed by atoms with Gasteiger partial charge in [-0.2, -0.15) is 0 Å². The van der Waals surface area contributed by atoms with E-state index in [1.807, 2.05) is 12.1 Å². The quantitative estimate of drug-likeness (QED) is 0.708. The molecule has 3 rings (SSSR count). The molecular weight excluding hydrogens is 264 g/mol. The Balaban J connectivity index is 1.85. The minimum atomic E-state index is 0.282. The lowest BCUT2D eigenvalue weighted by molar-refractivity contribution is -0.975. The number of quaternary nitrogens is 2. The molecule has 1 fully saturated rings. The lowest BCUT2D eigenvalue weighted by atomic mass is 9.91. The van der Waals surface area contributed by atoms with Gasteiger partial charge in [0.1, 0.15) is 6.54 Å². The zero-order chi connectivity index (χ0) is 14.8. The van der Waals surface area contributed by atoms with E-state index in [2.05, 4.69) is 7.05 Å². The number of likely N-dealkylation sites (N-methyl/N-ethyl adjacent to an activating group) is 1. The summed E-state index contributed by atoms with van der Waals surface area (Å²) in [6.45, 7) is 4.96. The number of phenols is 1. The lowest BCUT2D eigenvalue weighted by Gasteiger charge is -2.34. The van der Waals surface area contributed by atoms with Gasteiger partial charge in [-0.05, 0) is 37.0 Å². The number of fused-ring (bicyclic) bond motifs is 1. The number of methoxy groups -OCH3 is 1. The van der Waals surface area contributed by atoms with E-state index in [0.717, 1.165) is 6.42 Å². The van der Waals surface area contributed by atoms with Gasteiger partial charge < -0.3 is 19.6 Å². The number of aromatic hydroxyl groups is 1. The van der Waals surface area contributed by atoms with Crippen molar-refractivity contribution in [2.75, 3.05) is 40.3 Å². The van der Waals surface area contributed by atoms with Crippen LogP contribution in [0.1, 0.15) is 36.4 Å². The SMILES string of the molecule is COc1cc2c(cc1O)[C@@H](C[NH+]1CCCCC1)[NH+](C)CC2. The molecule has 3 N–H and O–H groups in total. The molecule has 2 aliphatic rings. The molecule has 0 aliphatic carbocycles. The Morgan fingerprint density at radius 3 is 2.67 bits per heavy atom. The van der Waals surface area contributed by atoms with Crippen LogP contribution in [0, 0.1) is 0 Å². The fourth-order valence-corrected chi connectivity index (χ4v) is 3.93. The van der Waals surface area contributed by atoms with Crippen molar-refractivity contribution in [2.45, 2.75) is 31.7 Å². The first kappa shape index (κ1) is 14.7. The molecule has 1 aromatic rings. The monoisotopic (exact) mass is 292 g/mol. The summed E-state index contributed by atoms with van der Waals surface area (Å²) >= 11 is 0. The molecule has 4 nitrogen and oxygen atoms in total. The Labute approximate surface area is 127 Å². The van der Waals surface area contributed by atoms with Gasteiger partial charge in [-0.3, -0.25) is 0 Å². The number of phenolic OH excluding ortho intramolecular Hbond substituents is 1. The van der Waals surface area contributed by atoms with Gasteiger partial charge in [-0.1, -0.05) is 0 Å². The summed E-state index contributed by atoms with van der Waals surface area (Å²) in [4.78, 5) is 3.30. The van der Waals surface area contributed by atoms with E-state index in [4.69, 9.17) is 4.74 Å². The van der Waals surface area contributed by atoms with Crippen LogP contribution < -0.4 is 14.5 Å². The molecule has 2 heterocycles. The first-order valence-electron chi connectivity index (χ1n) is 8.24. The number of likely N-dealkylation sites (tertiary alicyclic amines) is 1. The summed E-state index contributed by atoms with van der Waals surface area (Å²) in [6, 6.07) is 4.49. The van der Waals surface area contributed by atoms with E-state index >= 15 is 0 Å². The minimum absolute atomic E-state index is 0.282. The van der Waals surface area contributed by atoms with E-state index in [1.165, 1.54) is 56.6 Å². The third-order valence-electron chi connectivity index (χ3n) is 5.25. The molecule has 0 bridgehead atoms. The molecule has 0 radical (unpaired) electrons. The van der Waals surface area contributed by atoms with Crippen molar-refractivity contribution in [1.29, 1.82) is 0 Å². The minimum Gasteiger partial charge on any atom is -0.504 e. The smallest absolute Gasteiger partial charge is 0.163 e. The average molecular weight is 292 g/mol. The second-order valence-electron chi connectivity index (χ2n) is 6.64. The van der Waals surface area contributed by atoms with Crippen LogP contribution in [0.2, 0.25) is 0 Å². The maximum atomic E-state index is 10.1.